The highest BCUT2D eigenvalue weighted by atomic mass is 32.1. The first-order valence-corrected chi connectivity index (χ1v) is 3.79. The van der Waals surface area contributed by atoms with Crippen LogP contribution in [0.1, 0.15) is 5.69 Å². The Kier molecular flexibility index (Phi) is 2.80. The van der Waals surface area contributed by atoms with Crippen molar-refractivity contribution in [3.05, 3.63) is 16.6 Å². The lowest BCUT2D eigenvalue weighted by Crippen LogP contribution is -2.24. The van der Waals surface area contributed by atoms with Crippen molar-refractivity contribution in [1.82, 2.24) is 4.98 Å². The molecule has 0 aromatic carbocycles. The summed E-state index contributed by atoms with van der Waals surface area (Å²) in [4.78, 5) is 3.94. The Balaban J connectivity index is 2.40. The van der Waals surface area contributed by atoms with Crippen molar-refractivity contribution in [2.45, 2.75) is 12.6 Å². The number of aromatic nitrogens is 1. The predicted octanol–water partition coefficient (Wildman–Crippen LogP) is 0.417. The minimum Gasteiger partial charge on any atom is -0.366 e. The van der Waals surface area contributed by atoms with Crippen LogP contribution in [0.4, 0.5) is 0 Å². The van der Waals surface area contributed by atoms with Crippen LogP contribution in [0.2, 0.25) is 0 Å². The second kappa shape index (κ2) is 3.65. The third kappa shape index (κ3) is 2.06. The minimum absolute atomic E-state index is 0.240. The average Bonchev–Trinajstić information content (AvgIpc) is 2.40. The zero-order chi connectivity index (χ0) is 7.40. The molecule has 1 unspecified atom stereocenters. The van der Waals surface area contributed by atoms with Crippen LogP contribution in [0.5, 0.6) is 0 Å². The van der Waals surface area contributed by atoms with Gasteiger partial charge >= 0.3 is 0 Å². The lowest BCUT2D eigenvalue weighted by molar-refractivity contribution is 0.108. The molecule has 1 rings (SSSR count). The standard InChI is InChI=1S/C6H9N2OS/c1-9-6(7)2-5-3-10-4-8-5/h3,6H,2,7H2,1H3. The largest absolute Gasteiger partial charge is 0.366 e. The number of nitrogens with two attached hydrogens (primary N) is 1. The number of thiazole rings is 1. The molecular weight excluding hydrogens is 148 g/mol. The van der Waals surface area contributed by atoms with E-state index in [1.54, 1.807) is 7.11 Å². The molecule has 10 heavy (non-hydrogen) atoms. The van der Waals surface area contributed by atoms with E-state index >= 15 is 0 Å². The van der Waals surface area contributed by atoms with Crippen molar-refractivity contribution in [3.8, 4) is 0 Å². The van der Waals surface area contributed by atoms with Crippen molar-refractivity contribution < 1.29 is 4.74 Å². The van der Waals surface area contributed by atoms with Crippen molar-refractivity contribution in [2.24, 2.45) is 5.73 Å². The van der Waals surface area contributed by atoms with Gasteiger partial charge in [-0.3, -0.25) is 0 Å². The number of hydrogen-bond acceptors (Lipinski definition) is 4. The molecule has 0 bridgehead atoms. The van der Waals surface area contributed by atoms with E-state index in [4.69, 9.17) is 10.5 Å². The third-order valence-corrected chi connectivity index (χ3v) is 1.74. The molecule has 0 spiro atoms. The monoisotopic (exact) mass is 157 g/mol. The molecule has 1 aromatic heterocycles. The van der Waals surface area contributed by atoms with Crippen molar-refractivity contribution in [1.29, 1.82) is 0 Å². The molecule has 0 aliphatic heterocycles. The van der Waals surface area contributed by atoms with Crippen LogP contribution >= 0.6 is 11.3 Å². The number of methoxy groups -OCH3 is 1. The fraction of sp³-hybridized carbons (Fsp3) is 0.500. The van der Waals surface area contributed by atoms with Gasteiger partial charge in [-0.2, -0.15) is 0 Å². The molecule has 1 aromatic rings. The zero-order valence-electron chi connectivity index (χ0n) is 5.70. The number of nitrogens with zero attached hydrogens (tertiary/aromatic N) is 1. The van der Waals surface area contributed by atoms with Crippen LogP contribution in [0, 0.1) is 5.51 Å². The van der Waals surface area contributed by atoms with Gasteiger partial charge in [0.15, 0.2) is 5.51 Å². The Morgan fingerprint density at radius 2 is 2.80 bits per heavy atom. The highest BCUT2D eigenvalue weighted by molar-refractivity contribution is 7.07. The predicted molar refractivity (Wildman–Crippen MR) is 39.6 cm³/mol. The number of rotatable bonds is 3. The molecule has 0 saturated carbocycles. The van der Waals surface area contributed by atoms with Gasteiger partial charge in [-0.15, -0.1) is 11.3 Å². The quantitative estimate of drug-likeness (QED) is 0.647. The van der Waals surface area contributed by atoms with E-state index in [2.05, 4.69) is 10.5 Å². The fourth-order valence-electron chi connectivity index (χ4n) is 0.589. The van der Waals surface area contributed by atoms with Crippen molar-refractivity contribution in [2.75, 3.05) is 7.11 Å². The highest BCUT2D eigenvalue weighted by Crippen LogP contribution is 2.02. The van der Waals surface area contributed by atoms with Gasteiger partial charge in [-0.1, -0.05) is 0 Å². The molecular formula is C6H9N2OS. The highest BCUT2D eigenvalue weighted by Gasteiger charge is 2.02. The molecule has 0 saturated heterocycles. The molecule has 4 heteroatoms. The van der Waals surface area contributed by atoms with Crippen LogP contribution in [-0.4, -0.2) is 18.3 Å². The van der Waals surface area contributed by atoms with Crippen molar-refractivity contribution >= 4 is 11.3 Å². The van der Waals surface area contributed by atoms with E-state index in [1.165, 1.54) is 11.3 Å². The zero-order valence-corrected chi connectivity index (χ0v) is 6.52. The summed E-state index contributed by atoms with van der Waals surface area (Å²) in [5, 5.41) is 1.92. The summed E-state index contributed by atoms with van der Waals surface area (Å²) in [6, 6.07) is 0. The lowest BCUT2D eigenvalue weighted by atomic mass is 10.3. The first kappa shape index (κ1) is 7.65. The molecule has 0 aliphatic rings. The molecule has 0 aliphatic carbocycles. The van der Waals surface area contributed by atoms with Crippen LogP contribution in [0.25, 0.3) is 0 Å². The summed E-state index contributed by atoms with van der Waals surface area (Å²) < 4.78 is 4.85. The number of hydrogen-bond donors (Lipinski definition) is 1. The Morgan fingerprint density at radius 3 is 3.30 bits per heavy atom. The molecule has 1 heterocycles. The Hall–Kier alpha value is -0.450. The number of ether oxygens (including phenoxy) is 1. The van der Waals surface area contributed by atoms with Gasteiger partial charge < -0.3 is 10.5 Å². The SMILES string of the molecule is COC(N)Cc1cs[c]n1. The summed E-state index contributed by atoms with van der Waals surface area (Å²) in [6.07, 6.45) is 0.423. The topological polar surface area (TPSA) is 48.1 Å². The Morgan fingerprint density at radius 1 is 2.00 bits per heavy atom. The second-order valence-electron chi connectivity index (χ2n) is 1.91. The van der Waals surface area contributed by atoms with E-state index in [9.17, 15) is 0 Å². The van der Waals surface area contributed by atoms with Gasteiger partial charge in [-0.25, -0.2) is 4.98 Å². The molecule has 55 valence electrons. The van der Waals surface area contributed by atoms with E-state index in [0.717, 1.165) is 5.69 Å². The van der Waals surface area contributed by atoms with E-state index in [0.29, 0.717) is 6.42 Å². The third-order valence-electron chi connectivity index (χ3n) is 1.15. The average molecular weight is 157 g/mol. The molecule has 0 fully saturated rings. The summed E-state index contributed by atoms with van der Waals surface area (Å²) in [5.41, 5.74) is 9.18. The van der Waals surface area contributed by atoms with Crippen molar-refractivity contribution in [3.63, 3.8) is 0 Å². The molecule has 1 radical (unpaired) electrons. The fourth-order valence-corrected chi connectivity index (χ4v) is 1.10. The molecule has 1 atom stereocenters. The summed E-state index contributed by atoms with van der Waals surface area (Å²) in [7, 11) is 1.58. The maximum absolute atomic E-state index is 5.49. The van der Waals surface area contributed by atoms with Gasteiger partial charge in [0.1, 0.15) is 6.23 Å². The maximum atomic E-state index is 5.49. The van der Waals surface area contributed by atoms with E-state index in [1.807, 2.05) is 5.38 Å². The first-order valence-electron chi connectivity index (χ1n) is 2.91. The van der Waals surface area contributed by atoms with Gasteiger partial charge in [0.25, 0.3) is 0 Å². The van der Waals surface area contributed by atoms with E-state index < -0.39 is 0 Å². The molecule has 2 N–H and O–H groups in total. The molecule has 0 amide bonds. The van der Waals surface area contributed by atoms with Crippen LogP contribution in [0.3, 0.4) is 0 Å². The van der Waals surface area contributed by atoms with Crippen LogP contribution in [0.15, 0.2) is 5.38 Å². The smallest absolute Gasteiger partial charge is 0.152 e. The van der Waals surface area contributed by atoms with Gasteiger partial charge in [0.05, 0.1) is 5.69 Å². The Bertz CT molecular complexity index is 176. The second-order valence-corrected chi connectivity index (χ2v) is 2.56. The summed E-state index contributed by atoms with van der Waals surface area (Å²) in [5.74, 6) is 0. The van der Waals surface area contributed by atoms with Gasteiger partial charge in [0, 0.05) is 18.9 Å². The normalized spacial score (nSPS) is 13.4. The summed E-state index contributed by atoms with van der Waals surface area (Å²) in [6.45, 7) is 0. The Labute approximate surface area is 63.8 Å². The van der Waals surface area contributed by atoms with Gasteiger partial charge in [-0.05, 0) is 0 Å². The maximum Gasteiger partial charge on any atom is 0.152 e. The molecule has 3 nitrogen and oxygen atoms in total. The van der Waals surface area contributed by atoms with E-state index in [-0.39, 0.29) is 6.23 Å². The lowest BCUT2D eigenvalue weighted by Gasteiger charge is -2.05. The van der Waals surface area contributed by atoms with Gasteiger partial charge in [0.2, 0.25) is 0 Å². The van der Waals surface area contributed by atoms with Crippen LogP contribution in [-0.2, 0) is 11.2 Å². The summed E-state index contributed by atoms with van der Waals surface area (Å²) >= 11 is 1.44. The minimum atomic E-state index is -0.240. The van der Waals surface area contributed by atoms with Crippen LogP contribution < -0.4 is 5.73 Å². The first-order chi connectivity index (χ1) is 4.83.